The van der Waals surface area contributed by atoms with Crippen LogP contribution in [-0.4, -0.2) is 36.4 Å². The first-order valence-electron chi connectivity index (χ1n) is 6.74. The molecule has 1 saturated heterocycles. The average Bonchev–Trinajstić information content (AvgIpc) is 2.85. The van der Waals surface area contributed by atoms with Gasteiger partial charge in [-0.2, -0.15) is 0 Å². The minimum atomic E-state index is -0.817. The van der Waals surface area contributed by atoms with E-state index < -0.39 is 11.8 Å². The number of anilines is 1. The highest BCUT2D eigenvalue weighted by atomic mass is 32.2. The molecule has 1 atom stereocenters. The number of carbonyl (C=O) groups is 3. The number of hydrogen-bond donors (Lipinski definition) is 0. The first kappa shape index (κ1) is 16.5. The van der Waals surface area contributed by atoms with Gasteiger partial charge in [0.1, 0.15) is 11.4 Å². The number of carbonyl (C=O) groups excluding carboxylic acids is 3. The van der Waals surface area contributed by atoms with Gasteiger partial charge in [-0.05, 0) is 18.1 Å². The van der Waals surface area contributed by atoms with Crippen molar-refractivity contribution in [2.45, 2.75) is 13.3 Å². The van der Waals surface area contributed by atoms with Crippen LogP contribution in [-0.2, 0) is 14.3 Å². The molecule has 1 amide bonds. The molecule has 0 aliphatic carbocycles. The van der Waals surface area contributed by atoms with Crippen molar-refractivity contribution in [3.05, 3.63) is 29.6 Å². The zero-order valence-corrected chi connectivity index (χ0v) is 13.1. The summed E-state index contributed by atoms with van der Waals surface area (Å²) in [5, 5.41) is -0.00750. The number of amides is 1. The van der Waals surface area contributed by atoms with Gasteiger partial charge in [0.15, 0.2) is 5.12 Å². The molecule has 1 aromatic rings. The number of ether oxygens (including phenoxy) is 1. The maximum atomic E-state index is 13.9. The van der Waals surface area contributed by atoms with E-state index in [4.69, 9.17) is 0 Å². The topological polar surface area (TPSA) is 63.7 Å². The van der Waals surface area contributed by atoms with Gasteiger partial charge in [-0.3, -0.25) is 9.59 Å². The molecule has 0 spiro atoms. The molecule has 0 bridgehead atoms. The van der Waals surface area contributed by atoms with Crippen LogP contribution in [0.3, 0.4) is 0 Å². The summed E-state index contributed by atoms with van der Waals surface area (Å²) >= 11 is 1.16. The standard InChI is InChI=1S/C15H16FNO4S/c1-9(18)22-8-10-6-13(19)17(7-10)12-5-3-4-11(16)14(12)15(20)21-2/h3-5,10H,6-8H2,1-2H3. The molecule has 1 fully saturated rings. The van der Waals surface area contributed by atoms with Gasteiger partial charge in [0.2, 0.25) is 5.91 Å². The van der Waals surface area contributed by atoms with Gasteiger partial charge < -0.3 is 9.64 Å². The number of methoxy groups -OCH3 is 1. The summed E-state index contributed by atoms with van der Waals surface area (Å²) in [6.45, 7) is 1.83. The summed E-state index contributed by atoms with van der Waals surface area (Å²) in [4.78, 5) is 36.3. The molecule has 1 aliphatic rings. The maximum absolute atomic E-state index is 13.9. The van der Waals surface area contributed by atoms with Gasteiger partial charge in [-0.25, -0.2) is 9.18 Å². The second kappa shape index (κ2) is 6.91. The van der Waals surface area contributed by atoms with Crippen LogP contribution in [0.1, 0.15) is 23.7 Å². The predicted octanol–water partition coefficient (Wildman–Crippen LogP) is 2.24. The molecule has 118 valence electrons. The van der Waals surface area contributed by atoms with E-state index in [9.17, 15) is 18.8 Å². The van der Waals surface area contributed by atoms with Crippen molar-refractivity contribution in [2.75, 3.05) is 24.3 Å². The molecule has 1 heterocycles. The molecule has 1 aliphatic heterocycles. The second-order valence-electron chi connectivity index (χ2n) is 5.00. The number of thioether (sulfide) groups is 1. The Kier molecular flexibility index (Phi) is 5.18. The fourth-order valence-electron chi connectivity index (χ4n) is 2.40. The summed E-state index contributed by atoms with van der Waals surface area (Å²) in [5.74, 6) is -1.21. The van der Waals surface area contributed by atoms with Crippen LogP contribution >= 0.6 is 11.8 Å². The summed E-state index contributed by atoms with van der Waals surface area (Å²) in [7, 11) is 1.16. The Balaban J connectivity index is 2.25. The molecule has 7 heteroatoms. The number of rotatable bonds is 4. The van der Waals surface area contributed by atoms with E-state index in [1.807, 2.05) is 0 Å². The predicted molar refractivity (Wildman–Crippen MR) is 81.3 cm³/mol. The highest BCUT2D eigenvalue weighted by Crippen LogP contribution is 2.31. The summed E-state index contributed by atoms with van der Waals surface area (Å²) < 4.78 is 18.5. The second-order valence-corrected chi connectivity index (χ2v) is 6.20. The normalized spacial score (nSPS) is 17.7. The van der Waals surface area contributed by atoms with Crippen LogP contribution in [0.4, 0.5) is 10.1 Å². The van der Waals surface area contributed by atoms with E-state index in [0.717, 1.165) is 24.9 Å². The lowest BCUT2D eigenvalue weighted by molar-refractivity contribution is -0.117. The van der Waals surface area contributed by atoms with Gasteiger partial charge in [-0.1, -0.05) is 17.8 Å². The Labute approximate surface area is 131 Å². The van der Waals surface area contributed by atoms with Crippen molar-refractivity contribution in [2.24, 2.45) is 5.92 Å². The number of hydrogen-bond acceptors (Lipinski definition) is 5. The number of nitrogens with zero attached hydrogens (tertiary/aromatic N) is 1. The Bertz CT molecular complexity index is 620. The smallest absolute Gasteiger partial charge is 0.343 e. The minimum absolute atomic E-state index is 0.00448. The van der Waals surface area contributed by atoms with E-state index in [1.54, 1.807) is 0 Å². The average molecular weight is 325 g/mol. The molecule has 0 saturated carbocycles. The Morgan fingerprint density at radius 3 is 2.82 bits per heavy atom. The van der Waals surface area contributed by atoms with Gasteiger partial charge >= 0.3 is 5.97 Å². The lowest BCUT2D eigenvalue weighted by Gasteiger charge is -2.19. The zero-order chi connectivity index (χ0) is 16.3. The van der Waals surface area contributed by atoms with Gasteiger partial charge in [0.25, 0.3) is 0 Å². The van der Waals surface area contributed by atoms with Crippen LogP contribution in [0.25, 0.3) is 0 Å². The number of benzene rings is 1. The third kappa shape index (κ3) is 3.47. The van der Waals surface area contributed by atoms with E-state index in [2.05, 4.69) is 4.74 Å². The molecule has 5 nitrogen and oxygen atoms in total. The SMILES string of the molecule is COC(=O)c1c(F)cccc1N1CC(CSC(C)=O)CC1=O. The van der Waals surface area contributed by atoms with Gasteiger partial charge in [0.05, 0.1) is 12.8 Å². The molecule has 22 heavy (non-hydrogen) atoms. The number of esters is 1. The van der Waals surface area contributed by atoms with Crippen molar-refractivity contribution in [1.29, 1.82) is 0 Å². The fraction of sp³-hybridized carbons (Fsp3) is 0.400. The van der Waals surface area contributed by atoms with Crippen LogP contribution in [0.5, 0.6) is 0 Å². The van der Waals surface area contributed by atoms with Crippen LogP contribution in [0, 0.1) is 11.7 Å². The highest BCUT2D eigenvalue weighted by molar-refractivity contribution is 8.13. The van der Waals surface area contributed by atoms with Crippen molar-refractivity contribution in [3.8, 4) is 0 Å². The van der Waals surface area contributed by atoms with E-state index in [-0.39, 0.29) is 34.6 Å². The summed E-state index contributed by atoms with van der Waals surface area (Å²) in [6, 6.07) is 4.12. The van der Waals surface area contributed by atoms with Crippen LogP contribution in [0.15, 0.2) is 18.2 Å². The molecule has 2 rings (SSSR count). The molecule has 0 N–H and O–H groups in total. The minimum Gasteiger partial charge on any atom is -0.465 e. The monoisotopic (exact) mass is 325 g/mol. The van der Waals surface area contributed by atoms with E-state index >= 15 is 0 Å². The third-order valence-corrected chi connectivity index (χ3v) is 4.44. The van der Waals surface area contributed by atoms with Crippen LogP contribution in [0.2, 0.25) is 0 Å². The molecule has 0 radical (unpaired) electrons. The van der Waals surface area contributed by atoms with E-state index in [1.165, 1.54) is 24.0 Å². The first-order valence-corrected chi connectivity index (χ1v) is 7.73. The highest BCUT2D eigenvalue weighted by Gasteiger charge is 2.34. The lowest BCUT2D eigenvalue weighted by Crippen LogP contribution is -2.27. The Morgan fingerprint density at radius 2 is 2.18 bits per heavy atom. The van der Waals surface area contributed by atoms with Crippen molar-refractivity contribution in [1.82, 2.24) is 0 Å². The maximum Gasteiger partial charge on any atom is 0.343 e. The van der Waals surface area contributed by atoms with Crippen molar-refractivity contribution in [3.63, 3.8) is 0 Å². The Hall–Kier alpha value is -1.89. The largest absolute Gasteiger partial charge is 0.465 e. The van der Waals surface area contributed by atoms with Gasteiger partial charge in [0, 0.05) is 25.6 Å². The molecule has 1 aromatic carbocycles. The molecular formula is C15H16FNO4S. The third-order valence-electron chi connectivity index (χ3n) is 3.40. The zero-order valence-electron chi connectivity index (χ0n) is 12.3. The lowest BCUT2D eigenvalue weighted by atomic mass is 10.1. The molecule has 1 unspecified atom stereocenters. The van der Waals surface area contributed by atoms with E-state index in [0.29, 0.717) is 12.3 Å². The summed E-state index contributed by atoms with van der Waals surface area (Å²) in [6.07, 6.45) is 0.275. The molecular weight excluding hydrogens is 309 g/mol. The fourth-order valence-corrected chi connectivity index (χ4v) is 3.10. The molecule has 0 aromatic heterocycles. The first-order chi connectivity index (χ1) is 10.4. The van der Waals surface area contributed by atoms with Gasteiger partial charge in [-0.15, -0.1) is 0 Å². The Morgan fingerprint density at radius 1 is 1.45 bits per heavy atom. The summed E-state index contributed by atoms with van der Waals surface area (Å²) in [5.41, 5.74) is -0.0228. The van der Waals surface area contributed by atoms with Crippen LogP contribution < -0.4 is 4.90 Å². The number of halogens is 1. The quantitative estimate of drug-likeness (QED) is 0.795. The van der Waals surface area contributed by atoms with Crippen molar-refractivity contribution < 1.29 is 23.5 Å². The van der Waals surface area contributed by atoms with Crippen molar-refractivity contribution >= 4 is 34.4 Å².